The molecule has 0 aromatic carbocycles. The zero-order valence-electron chi connectivity index (χ0n) is 10.5. The number of rotatable bonds is 3. The lowest BCUT2D eigenvalue weighted by molar-refractivity contribution is 0.112. The quantitative estimate of drug-likeness (QED) is 0.776. The Kier molecular flexibility index (Phi) is 2.88. The number of carbonyl (C=O) groups excluding carboxylic acids is 1. The van der Waals surface area contributed by atoms with Crippen molar-refractivity contribution in [1.29, 1.82) is 0 Å². The van der Waals surface area contributed by atoms with Crippen LogP contribution in [-0.2, 0) is 0 Å². The van der Waals surface area contributed by atoms with Crippen molar-refractivity contribution in [1.82, 2.24) is 14.3 Å². The van der Waals surface area contributed by atoms with Crippen LogP contribution in [0.4, 0.5) is 0 Å². The van der Waals surface area contributed by atoms with Crippen LogP contribution >= 0.6 is 0 Å². The van der Waals surface area contributed by atoms with Gasteiger partial charge in [0.1, 0.15) is 5.65 Å². The number of aromatic nitrogens is 2. The van der Waals surface area contributed by atoms with Gasteiger partial charge in [-0.05, 0) is 38.1 Å². The van der Waals surface area contributed by atoms with E-state index in [1.54, 1.807) is 0 Å². The number of aldehydes is 1. The van der Waals surface area contributed by atoms with Gasteiger partial charge in [-0.3, -0.25) is 9.69 Å². The molecule has 18 heavy (non-hydrogen) atoms. The summed E-state index contributed by atoms with van der Waals surface area (Å²) in [5, 5.41) is 0. The predicted octanol–water partition coefficient (Wildman–Crippen LogP) is 2.30. The molecule has 4 nitrogen and oxygen atoms in total. The van der Waals surface area contributed by atoms with E-state index in [4.69, 9.17) is 0 Å². The zero-order valence-corrected chi connectivity index (χ0v) is 10.5. The molecule has 2 aromatic heterocycles. The van der Waals surface area contributed by atoms with Gasteiger partial charge in [0, 0.05) is 12.4 Å². The van der Waals surface area contributed by atoms with Crippen LogP contribution in [0.3, 0.4) is 0 Å². The van der Waals surface area contributed by atoms with E-state index in [0.29, 0.717) is 11.6 Å². The first-order valence-electron chi connectivity index (χ1n) is 6.50. The van der Waals surface area contributed by atoms with Crippen LogP contribution in [0.25, 0.3) is 5.65 Å². The van der Waals surface area contributed by atoms with Gasteiger partial charge in [0.25, 0.3) is 0 Å². The average molecular weight is 243 g/mol. The van der Waals surface area contributed by atoms with Crippen molar-refractivity contribution in [3.8, 4) is 0 Å². The molecular weight excluding hydrogens is 226 g/mol. The molecule has 1 fully saturated rings. The van der Waals surface area contributed by atoms with Crippen molar-refractivity contribution >= 4 is 11.9 Å². The molecule has 0 spiro atoms. The minimum atomic E-state index is 0.411. The number of imidazole rings is 1. The number of pyridine rings is 1. The van der Waals surface area contributed by atoms with Gasteiger partial charge in [-0.2, -0.15) is 0 Å². The topological polar surface area (TPSA) is 37.6 Å². The van der Waals surface area contributed by atoms with E-state index in [2.05, 4.69) is 23.0 Å². The predicted molar refractivity (Wildman–Crippen MR) is 69.8 cm³/mol. The van der Waals surface area contributed by atoms with Gasteiger partial charge in [-0.15, -0.1) is 0 Å². The van der Waals surface area contributed by atoms with Crippen LogP contribution in [0.1, 0.15) is 41.9 Å². The Balaban J connectivity index is 2.05. The molecule has 1 aliphatic rings. The standard InChI is InChI=1S/C14H17N3O/c1-2-16-7-4-6-13(16)12-9-17-8-3-5-11(10-18)14(17)15-12/h3,5,8-10,13H,2,4,6-7H2,1H3. The third-order valence-corrected chi connectivity index (χ3v) is 3.77. The largest absolute Gasteiger partial charge is 0.306 e. The molecule has 0 amide bonds. The van der Waals surface area contributed by atoms with Gasteiger partial charge in [-0.1, -0.05) is 6.92 Å². The fourth-order valence-corrected chi connectivity index (χ4v) is 2.85. The summed E-state index contributed by atoms with van der Waals surface area (Å²) in [6.07, 6.45) is 7.27. The zero-order chi connectivity index (χ0) is 12.5. The highest BCUT2D eigenvalue weighted by molar-refractivity contribution is 5.84. The number of likely N-dealkylation sites (tertiary alicyclic amines) is 1. The van der Waals surface area contributed by atoms with Gasteiger partial charge in [0.2, 0.25) is 0 Å². The Labute approximate surface area is 106 Å². The summed E-state index contributed by atoms with van der Waals surface area (Å²) in [5.74, 6) is 0. The number of hydrogen-bond donors (Lipinski definition) is 0. The van der Waals surface area contributed by atoms with E-state index < -0.39 is 0 Å². The molecule has 0 N–H and O–H groups in total. The molecule has 3 heterocycles. The Morgan fingerprint density at radius 3 is 3.22 bits per heavy atom. The van der Waals surface area contributed by atoms with Crippen molar-refractivity contribution < 1.29 is 4.79 Å². The highest BCUT2D eigenvalue weighted by Crippen LogP contribution is 2.31. The molecule has 1 atom stereocenters. The first kappa shape index (κ1) is 11.4. The molecule has 1 unspecified atom stereocenters. The second kappa shape index (κ2) is 4.53. The normalized spacial score (nSPS) is 20.6. The molecule has 0 saturated carbocycles. The minimum Gasteiger partial charge on any atom is -0.306 e. The smallest absolute Gasteiger partial charge is 0.153 e. The first-order chi connectivity index (χ1) is 8.83. The SMILES string of the molecule is CCN1CCCC1c1cn2cccc(C=O)c2n1. The van der Waals surface area contributed by atoms with E-state index in [-0.39, 0.29) is 0 Å². The third-order valence-electron chi connectivity index (χ3n) is 3.77. The monoisotopic (exact) mass is 243 g/mol. The highest BCUT2D eigenvalue weighted by Gasteiger charge is 2.26. The Morgan fingerprint density at radius 2 is 2.44 bits per heavy atom. The summed E-state index contributed by atoms with van der Waals surface area (Å²) in [6.45, 7) is 4.39. The number of fused-ring (bicyclic) bond motifs is 1. The fourth-order valence-electron chi connectivity index (χ4n) is 2.85. The highest BCUT2D eigenvalue weighted by atomic mass is 16.1. The third kappa shape index (κ3) is 1.73. The maximum atomic E-state index is 11.0. The van der Waals surface area contributed by atoms with Crippen LogP contribution in [0, 0.1) is 0 Å². The van der Waals surface area contributed by atoms with Crippen molar-refractivity contribution in [3.05, 3.63) is 35.8 Å². The van der Waals surface area contributed by atoms with Crippen LogP contribution in [0.2, 0.25) is 0 Å². The molecule has 2 aromatic rings. The van der Waals surface area contributed by atoms with E-state index in [1.807, 2.05) is 22.7 Å². The van der Waals surface area contributed by atoms with E-state index in [0.717, 1.165) is 37.1 Å². The minimum absolute atomic E-state index is 0.411. The summed E-state index contributed by atoms with van der Waals surface area (Å²) in [7, 11) is 0. The van der Waals surface area contributed by atoms with E-state index >= 15 is 0 Å². The molecule has 0 radical (unpaired) electrons. The van der Waals surface area contributed by atoms with Gasteiger partial charge in [0.15, 0.2) is 6.29 Å². The summed E-state index contributed by atoms with van der Waals surface area (Å²) in [4.78, 5) is 18.1. The lowest BCUT2D eigenvalue weighted by atomic mass is 10.1. The van der Waals surface area contributed by atoms with Crippen LogP contribution in [-0.4, -0.2) is 33.7 Å². The number of carbonyl (C=O) groups is 1. The van der Waals surface area contributed by atoms with Crippen LogP contribution < -0.4 is 0 Å². The average Bonchev–Trinajstić information content (AvgIpc) is 3.03. The lowest BCUT2D eigenvalue weighted by Crippen LogP contribution is -2.22. The number of nitrogens with zero attached hydrogens (tertiary/aromatic N) is 3. The Hall–Kier alpha value is -1.68. The van der Waals surface area contributed by atoms with Gasteiger partial charge >= 0.3 is 0 Å². The first-order valence-corrected chi connectivity index (χ1v) is 6.50. The van der Waals surface area contributed by atoms with Crippen molar-refractivity contribution in [2.75, 3.05) is 13.1 Å². The van der Waals surface area contributed by atoms with Gasteiger partial charge < -0.3 is 4.40 Å². The molecule has 3 rings (SSSR count). The van der Waals surface area contributed by atoms with Crippen molar-refractivity contribution in [3.63, 3.8) is 0 Å². The van der Waals surface area contributed by atoms with Crippen LogP contribution in [0.5, 0.6) is 0 Å². The van der Waals surface area contributed by atoms with Crippen molar-refractivity contribution in [2.45, 2.75) is 25.8 Å². The molecule has 0 aliphatic carbocycles. The molecule has 0 bridgehead atoms. The number of hydrogen-bond acceptors (Lipinski definition) is 3. The maximum Gasteiger partial charge on any atom is 0.153 e. The summed E-state index contributed by atoms with van der Waals surface area (Å²) in [5.41, 5.74) is 2.51. The van der Waals surface area contributed by atoms with E-state index in [9.17, 15) is 4.79 Å². The molecular formula is C14H17N3O. The maximum absolute atomic E-state index is 11.0. The summed E-state index contributed by atoms with van der Waals surface area (Å²) in [6, 6.07) is 4.11. The van der Waals surface area contributed by atoms with Crippen LogP contribution in [0.15, 0.2) is 24.5 Å². The fraction of sp³-hybridized carbons (Fsp3) is 0.429. The Bertz CT molecular complexity index is 575. The lowest BCUT2D eigenvalue weighted by Gasteiger charge is -2.20. The Morgan fingerprint density at radius 1 is 1.56 bits per heavy atom. The van der Waals surface area contributed by atoms with Gasteiger partial charge in [-0.25, -0.2) is 4.98 Å². The molecule has 4 heteroatoms. The van der Waals surface area contributed by atoms with E-state index in [1.165, 1.54) is 6.42 Å². The summed E-state index contributed by atoms with van der Waals surface area (Å²) < 4.78 is 1.95. The second-order valence-electron chi connectivity index (χ2n) is 4.76. The second-order valence-corrected chi connectivity index (χ2v) is 4.76. The van der Waals surface area contributed by atoms with Crippen molar-refractivity contribution in [2.24, 2.45) is 0 Å². The summed E-state index contributed by atoms with van der Waals surface area (Å²) >= 11 is 0. The van der Waals surface area contributed by atoms with Gasteiger partial charge in [0.05, 0.1) is 17.3 Å². The molecule has 1 saturated heterocycles. The molecule has 1 aliphatic heterocycles. The molecule has 94 valence electrons.